The van der Waals surface area contributed by atoms with Crippen molar-refractivity contribution >= 4 is 6.03 Å². The molecule has 3 N–H and O–H groups in total. The number of rotatable bonds is 6. The van der Waals surface area contributed by atoms with E-state index in [1.807, 2.05) is 31.2 Å². The summed E-state index contributed by atoms with van der Waals surface area (Å²) in [4.78, 5) is 14.1. The third kappa shape index (κ3) is 5.31. The zero-order valence-corrected chi connectivity index (χ0v) is 13.3. The predicted octanol–water partition coefficient (Wildman–Crippen LogP) is 1.64. The number of nitrogens with zero attached hydrogens (tertiary/aromatic N) is 1. The van der Waals surface area contributed by atoms with E-state index in [2.05, 4.69) is 15.5 Å². The van der Waals surface area contributed by atoms with E-state index >= 15 is 0 Å². The maximum Gasteiger partial charge on any atom is 0.315 e. The summed E-state index contributed by atoms with van der Waals surface area (Å²) in [7, 11) is 0. The summed E-state index contributed by atoms with van der Waals surface area (Å²) in [6, 6.07) is 8.25. The van der Waals surface area contributed by atoms with Gasteiger partial charge < -0.3 is 15.7 Å². The Kier molecular flexibility index (Phi) is 6.68. The number of nitrogens with one attached hydrogen (secondary N) is 2. The van der Waals surface area contributed by atoms with Gasteiger partial charge in [0.25, 0.3) is 0 Å². The van der Waals surface area contributed by atoms with Crippen LogP contribution < -0.4 is 10.6 Å². The van der Waals surface area contributed by atoms with Gasteiger partial charge in [0, 0.05) is 25.7 Å². The first kappa shape index (κ1) is 16.8. The molecule has 0 aliphatic carbocycles. The number of urea groups is 1. The van der Waals surface area contributed by atoms with Crippen molar-refractivity contribution in [1.82, 2.24) is 15.5 Å². The minimum absolute atomic E-state index is 0.141. The van der Waals surface area contributed by atoms with E-state index in [4.69, 9.17) is 0 Å². The highest BCUT2D eigenvalue weighted by atomic mass is 16.3. The van der Waals surface area contributed by atoms with E-state index in [1.165, 1.54) is 18.4 Å². The highest BCUT2D eigenvalue weighted by molar-refractivity contribution is 5.73. The lowest BCUT2D eigenvalue weighted by molar-refractivity contribution is 0.0915. The number of benzene rings is 1. The van der Waals surface area contributed by atoms with Crippen LogP contribution in [0.15, 0.2) is 24.3 Å². The number of piperidine rings is 1. The van der Waals surface area contributed by atoms with E-state index < -0.39 is 0 Å². The van der Waals surface area contributed by atoms with Gasteiger partial charge in [-0.25, -0.2) is 4.79 Å². The quantitative estimate of drug-likeness (QED) is 0.748. The Labute approximate surface area is 132 Å². The van der Waals surface area contributed by atoms with Crippen LogP contribution in [0.4, 0.5) is 4.79 Å². The molecule has 0 bridgehead atoms. The normalized spacial score (nSPS) is 18.9. The molecule has 22 heavy (non-hydrogen) atoms. The van der Waals surface area contributed by atoms with Gasteiger partial charge in [0.15, 0.2) is 0 Å². The van der Waals surface area contributed by atoms with Crippen molar-refractivity contribution in [2.75, 3.05) is 26.2 Å². The topological polar surface area (TPSA) is 64.6 Å². The van der Waals surface area contributed by atoms with E-state index in [1.54, 1.807) is 0 Å². The molecular formula is C17H27N3O2. The fraction of sp³-hybridized carbons (Fsp3) is 0.588. The Bertz CT molecular complexity index is 461. The summed E-state index contributed by atoms with van der Waals surface area (Å²) in [6.45, 7) is 5.20. The standard InChI is InChI=1S/C17H27N3O2/c1-14-5-7-15(8-6-14)12-19-17(22)18-9-11-20-10-3-2-4-16(20)13-21/h5-8,16,21H,2-4,9-13H2,1H3,(H2,18,19,22). The number of likely N-dealkylation sites (tertiary alicyclic amines) is 1. The summed E-state index contributed by atoms with van der Waals surface area (Å²) in [5, 5.41) is 15.1. The monoisotopic (exact) mass is 305 g/mol. The van der Waals surface area contributed by atoms with Crippen LogP contribution in [0.25, 0.3) is 0 Å². The van der Waals surface area contributed by atoms with Crippen LogP contribution in [0.1, 0.15) is 30.4 Å². The summed E-state index contributed by atoms with van der Waals surface area (Å²) in [6.07, 6.45) is 3.42. The summed E-state index contributed by atoms with van der Waals surface area (Å²) < 4.78 is 0. The maximum absolute atomic E-state index is 11.8. The van der Waals surface area contributed by atoms with Crippen molar-refractivity contribution in [3.63, 3.8) is 0 Å². The molecule has 0 spiro atoms. The Hall–Kier alpha value is -1.59. The molecule has 1 heterocycles. The first-order valence-corrected chi connectivity index (χ1v) is 8.11. The average molecular weight is 305 g/mol. The van der Waals surface area contributed by atoms with E-state index in [-0.39, 0.29) is 18.7 Å². The largest absolute Gasteiger partial charge is 0.395 e. The Morgan fingerprint density at radius 1 is 1.27 bits per heavy atom. The molecule has 1 unspecified atom stereocenters. The van der Waals surface area contributed by atoms with Crippen molar-refractivity contribution in [3.05, 3.63) is 35.4 Å². The maximum atomic E-state index is 11.8. The molecule has 1 aliphatic rings. The second-order valence-corrected chi connectivity index (χ2v) is 5.96. The third-order valence-electron chi connectivity index (χ3n) is 4.22. The van der Waals surface area contributed by atoms with Crippen molar-refractivity contribution < 1.29 is 9.90 Å². The zero-order valence-electron chi connectivity index (χ0n) is 13.3. The SMILES string of the molecule is Cc1ccc(CNC(=O)NCCN2CCCCC2CO)cc1. The summed E-state index contributed by atoms with van der Waals surface area (Å²) in [5.41, 5.74) is 2.31. The lowest BCUT2D eigenvalue weighted by Gasteiger charge is -2.34. The van der Waals surface area contributed by atoms with Crippen molar-refractivity contribution in [1.29, 1.82) is 0 Å². The molecule has 2 rings (SSSR count). The number of hydrogen-bond donors (Lipinski definition) is 3. The van der Waals surface area contributed by atoms with Gasteiger partial charge in [-0.05, 0) is 31.9 Å². The van der Waals surface area contributed by atoms with Gasteiger partial charge >= 0.3 is 6.03 Å². The van der Waals surface area contributed by atoms with Crippen molar-refractivity contribution in [2.45, 2.75) is 38.8 Å². The molecule has 1 fully saturated rings. The van der Waals surface area contributed by atoms with E-state index in [0.29, 0.717) is 13.1 Å². The second kappa shape index (κ2) is 8.76. The molecule has 0 aromatic heterocycles. The van der Waals surface area contributed by atoms with Crippen LogP contribution in [0.3, 0.4) is 0 Å². The minimum Gasteiger partial charge on any atom is -0.395 e. The molecule has 122 valence electrons. The molecule has 5 heteroatoms. The molecule has 0 saturated carbocycles. The zero-order chi connectivity index (χ0) is 15.8. The molecule has 1 aliphatic heterocycles. The van der Waals surface area contributed by atoms with Gasteiger partial charge in [0.2, 0.25) is 0 Å². The number of carbonyl (C=O) groups excluding carboxylic acids is 1. The fourth-order valence-corrected chi connectivity index (χ4v) is 2.82. The number of aryl methyl sites for hydroxylation is 1. The van der Waals surface area contributed by atoms with Gasteiger partial charge in [-0.15, -0.1) is 0 Å². The summed E-state index contributed by atoms with van der Waals surface area (Å²) >= 11 is 0. The number of aliphatic hydroxyl groups excluding tert-OH is 1. The third-order valence-corrected chi connectivity index (χ3v) is 4.22. The van der Waals surface area contributed by atoms with Gasteiger partial charge in [0.05, 0.1) is 6.61 Å². The van der Waals surface area contributed by atoms with Gasteiger partial charge in [-0.1, -0.05) is 36.2 Å². The molecule has 1 aromatic carbocycles. The van der Waals surface area contributed by atoms with Gasteiger partial charge in [0.1, 0.15) is 0 Å². The van der Waals surface area contributed by atoms with Crippen LogP contribution in [-0.2, 0) is 6.54 Å². The van der Waals surface area contributed by atoms with Crippen LogP contribution in [0, 0.1) is 6.92 Å². The van der Waals surface area contributed by atoms with Crippen molar-refractivity contribution in [2.24, 2.45) is 0 Å². The fourth-order valence-electron chi connectivity index (χ4n) is 2.82. The molecule has 0 radical (unpaired) electrons. The number of amides is 2. The molecule has 1 aromatic rings. The van der Waals surface area contributed by atoms with Crippen LogP contribution >= 0.6 is 0 Å². The number of carbonyl (C=O) groups is 1. The average Bonchev–Trinajstić information content (AvgIpc) is 2.55. The van der Waals surface area contributed by atoms with E-state index in [9.17, 15) is 9.90 Å². The first-order chi connectivity index (χ1) is 10.7. The summed E-state index contributed by atoms with van der Waals surface area (Å²) in [5.74, 6) is 0. The first-order valence-electron chi connectivity index (χ1n) is 8.11. The van der Waals surface area contributed by atoms with Crippen LogP contribution in [0.5, 0.6) is 0 Å². The molecular weight excluding hydrogens is 278 g/mol. The molecule has 2 amide bonds. The molecule has 1 saturated heterocycles. The lowest BCUT2D eigenvalue weighted by Crippen LogP contribution is -2.46. The Morgan fingerprint density at radius 3 is 2.77 bits per heavy atom. The minimum atomic E-state index is -0.141. The molecule has 5 nitrogen and oxygen atoms in total. The van der Waals surface area contributed by atoms with Gasteiger partial charge in [-0.2, -0.15) is 0 Å². The van der Waals surface area contributed by atoms with Crippen molar-refractivity contribution in [3.8, 4) is 0 Å². The number of aliphatic hydroxyl groups is 1. The number of hydrogen-bond acceptors (Lipinski definition) is 3. The Morgan fingerprint density at radius 2 is 2.05 bits per heavy atom. The highest BCUT2D eigenvalue weighted by Gasteiger charge is 2.20. The second-order valence-electron chi connectivity index (χ2n) is 5.96. The Balaban J connectivity index is 1.64. The molecule has 1 atom stereocenters. The van der Waals surface area contributed by atoms with Gasteiger partial charge in [-0.3, -0.25) is 4.90 Å². The smallest absolute Gasteiger partial charge is 0.315 e. The highest BCUT2D eigenvalue weighted by Crippen LogP contribution is 2.15. The van der Waals surface area contributed by atoms with Crippen LogP contribution in [-0.4, -0.2) is 48.3 Å². The van der Waals surface area contributed by atoms with E-state index in [0.717, 1.165) is 25.1 Å². The predicted molar refractivity (Wildman–Crippen MR) is 87.7 cm³/mol. The lowest BCUT2D eigenvalue weighted by atomic mass is 10.0. The van der Waals surface area contributed by atoms with Crippen LogP contribution in [0.2, 0.25) is 0 Å².